The molecule has 1 fully saturated rings. The van der Waals surface area contributed by atoms with Gasteiger partial charge in [0, 0.05) is 19.3 Å². The largest absolute Gasteiger partial charge is 0.369 e. The lowest BCUT2D eigenvalue weighted by atomic mass is 10.1. The Kier molecular flexibility index (Phi) is 4.52. The van der Waals surface area contributed by atoms with E-state index in [1.54, 1.807) is 6.20 Å². The maximum Gasteiger partial charge on any atom is 0.212 e. The molecule has 0 aromatic carbocycles. The van der Waals surface area contributed by atoms with E-state index >= 15 is 0 Å². The van der Waals surface area contributed by atoms with Crippen LogP contribution in [0.15, 0.2) is 18.3 Å². The van der Waals surface area contributed by atoms with Gasteiger partial charge in [-0.15, -0.1) is 0 Å². The van der Waals surface area contributed by atoms with Gasteiger partial charge in [0.05, 0.1) is 5.69 Å². The molecule has 1 atom stereocenters. The number of hydrogen-bond acceptors (Lipinski definition) is 4. The third-order valence-electron chi connectivity index (χ3n) is 3.46. The molecule has 1 saturated heterocycles. The SMILES string of the molecule is CN(c1cccnc1NC=O)C1CCCNCC1. The summed E-state index contributed by atoms with van der Waals surface area (Å²) in [7, 11) is 2.07. The monoisotopic (exact) mass is 248 g/mol. The maximum absolute atomic E-state index is 10.6. The molecule has 0 bridgehead atoms. The van der Waals surface area contributed by atoms with Gasteiger partial charge in [-0.2, -0.15) is 0 Å². The van der Waals surface area contributed by atoms with Crippen molar-refractivity contribution in [2.45, 2.75) is 25.3 Å². The Bertz CT molecular complexity index is 388. The van der Waals surface area contributed by atoms with E-state index in [2.05, 4.69) is 27.6 Å². The maximum atomic E-state index is 10.6. The van der Waals surface area contributed by atoms with Crippen LogP contribution in [-0.2, 0) is 4.79 Å². The van der Waals surface area contributed by atoms with Crippen LogP contribution in [0.2, 0.25) is 0 Å². The average molecular weight is 248 g/mol. The Hall–Kier alpha value is -1.62. The average Bonchev–Trinajstić information content (AvgIpc) is 2.68. The molecule has 18 heavy (non-hydrogen) atoms. The molecule has 1 aliphatic heterocycles. The quantitative estimate of drug-likeness (QED) is 0.787. The van der Waals surface area contributed by atoms with E-state index < -0.39 is 0 Å². The molecule has 1 amide bonds. The van der Waals surface area contributed by atoms with Crippen molar-refractivity contribution < 1.29 is 4.79 Å². The van der Waals surface area contributed by atoms with Crippen LogP contribution < -0.4 is 15.5 Å². The molecule has 2 heterocycles. The standard InChI is InChI=1S/C13H20N4O/c1-17(11-4-2-7-14-9-6-11)12-5-3-8-15-13(12)16-10-18/h3,5,8,10-11,14H,2,4,6-7,9H2,1H3,(H,15,16,18). The number of rotatable bonds is 4. The van der Waals surface area contributed by atoms with Crippen molar-refractivity contribution in [3.05, 3.63) is 18.3 Å². The van der Waals surface area contributed by atoms with Gasteiger partial charge in [0.25, 0.3) is 0 Å². The molecule has 1 unspecified atom stereocenters. The van der Waals surface area contributed by atoms with Crippen LogP contribution in [0.4, 0.5) is 11.5 Å². The number of nitrogens with one attached hydrogen (secondary N) is 2. The molecule has 1 aromatic rings. The summed E-state index contributed by atoms with van der Waals surface area (Å²) < 4.78 is 0. The van der Waals surface area contributed by atoms with Gasteiger partial charge in [0.15, 0.2) is 5.82 Å². The highest BCUT2D eigenvalue weighted by Gasteiger charge is 2.19. The molecule has 5 nitrogen and oxygen atoms in total. The van der Waals surface area contributed by atoms with Crippen LogP contribution >= 0.6 is 0 Å². The second kappa shape index (κ2) is 6.35. The van der Waals surface area contributed by atoms with Gasteiger partial charge in [-0.1, -0.05) is 0 Å². The van der Waals surface area contributed by atoms with Crippen LogP contribution in [0.25, 0.3) is 0 Å². The van der Waals surface area contributed by atoms with Gasteiger partial charge in [0.2, 0.25) is 6.41 Å². The third kappa shape index (κ3) is 2.98. The third-order valence-corrected chi connectivity index (χ3v) is 3.46. The highest BCUT2D eigenvalue weighted by molar-refractivity contribution is 5.78. The molecular formula is C13H20N4O. The lowest BCUT2D eigenvalue weighted by Gasteiger charge is -2.30. The molecule has 0 radical (unpaired) electrons. The lowest BCUT2D eigenvalue weighted by molar-refractivity contribution is -0.105. The Morgan fingerprint density at radius 3 is 3.22 bits per heavy atom. The number of hydrogen-bond donors (Lipinski definition) is 2. The van der Waals surface area contributed by atoms with Gasteiger partial charge in [-0.3, -0.25) is 4.79 Å². The van der Waals surface area contributed by atoms with E-state index in [1.807, 2.05) is 12.1 Å². The Morgan fingerprint density at radius 2 is 2.39 bits per heavy atom. The number of carbonyl (C=O) groups is 1. The Labute approximate surface area is 108 Å². The van der Waals surface area contributed by atoms with Crippen molar-refractivity contribution >= 4 is 17.9 Å². The summed E-state index contributed by atoms with van der Waals surface area (Å²) in [6, 6.07) is 4.39. The number of anilines is 2. The fraction of sp³-hybridized carbons (Fsp3) is 0.538. The molecule has 5 heteroatoms. The van der Waals surface area contributed by atoms with E-state index in [4.69, 9.17) is 0 Å². The van der Waals surface area contributed by atoms with Crippen LogP contribution in [0, 0.1) is 0 Å². The predicted octanol–water partition coefficient (Wildman–Crippen LogP) is 1.23. The number of nitrogens with zero attached hydrogens (tertiary/aromatic N) is 2. The van der Waals surface area contributed by atoms with Crippen molar-refractivity contribution in [2.24, 2.45) is 0 Å². The number of amides is 1. The first-order chi connectivity index (χ1) is 8.83. The zero-order valence-corrected chi connectivity index (χ0v) is 10.7. The molecule has 98 valence electrons. The summed E-state index contributed by atoms with van der Waals surface area (Å²) in [5.74, 6) is 0.632. The predicted molar refractivity (Wildman–Crippen MR) is 72.8 cm³/mol. The van der Waals surface area contributed by atoms with Crippen molar-refractivity contribution in [2.75, 3.05) is 30.4 Å². The molecule has 1 aromatic heterocycles. The summed E-state index contributed by atoms with van der Waals surface area (Å²) in [6.45, 7) is 2.14. The number of aromatic nitrogens is 1. The lowest BCUT2D eigenvalue weighted by Crippen LogP contribution is -2.33. The topological polar surface area (TPSA) is 57.3 Å². The van der Waals surface area contributed by atoms with Crippen molar-refractivity contribution in [1.29, 1.82) is 0 Å². The van der Waals surface area contributed by atoms with Crippen LogP contribution in [0.5, 0.6) is 0 Å². The van der Waals surface area contributed by atoms with E-state index in [-0.39, 0.29) is 0 Å². The highest BCUT2D eigenvalue weighted by atomic mass is 16.1. The summed E-state index contributed by atoms with van der Waals surface area (Å²) in [6.07, 6.45) is 5.84. The summed E-state index contributed by atoms with van der Waals surface area (Å²) in [4.78, 5) is 17.0. The molecule has 0 spiro atoms. The van der Waals surface area contributed by atoms with Crippen molar-refractivity contribution in [1.82, 2.24) is 10.3 Å². The minimum absolute atomic E-state index is 0.497. The fourth-order valence-electron chi connectivity index (χ4n) is 2.43. The minimum Gasteiger partial charge on any atom is -0.369 e. The fourth-order valence-corrected chi connectivity index (χ4v) is 2.43. The first-order valence-electron chi connectivity index (χ1n) is 6.41. The smallest absolute Gasteiger partial charge is 0.212 e. The van der Waals surface area contributed by atoms with E-state index in [1.165, 1.54) is 12.8 Å². The second-order valence-corrected chi connectivity index (χ2v) is 4.58. The number of carbonyl (C=O) groups excluding carboxylic acids is 1. The normalized spacial score (nSPS) is 19.9. The van der Waals surface area contributed by atoms with E-state index in [9.17, 15) is 4.79 Å². The minimum atomic E-state index is 0.497. The summed E-state index contributed by atoms with van der Waals surface area (Å²) >= 11 is 0. The zero-order chi connectivity index (χ0) is 12.8. The first kappa shape index (κ1) is 12.8. The van der Waals surface area contributed by atoms with Gasteiger partial charge >= 0.3 is 0 Å². The molecule has 2 N–H and O–H groups in total. The van der Waals surface area contributed by atoms with E-state index in [0.717, 1.165) is 25.2 Å². The molecule has 0 aliphatic carbocycles. The zero-order valence-electron chi connectivity index (χ0n) is 10.7. The number of pyridine rings is 1. The van der Waals surface area contributed by atoms with Gasteiger partial charge in [-0.25, -0.2) is 4.98 Å². The van der Waals surface area contributed by atoms with E-state index in [0.29, 0.717) is 18.3 Å². The Morgan fingerprint density at radius 1 is 1.50 bits per heavy atom. The molecule has 1 aliphatic rings. The second-order valence-electron chi connectivity index (χ2n) is 4.58. The van der Waals surface area contributed by atoms with Crippen molar-refractivity contribution in [3.63, 3.8) is 0 Å². The van der Waals surface area contributed by atoms with Crippen LogP contribution in [0.1, 0.15) is 19.3 Å². The van der Waals surface area contributed by atoms with Gasteiger partial charge in [-0.05, 0) is 44.5 Å². The Balaban J connectivity index is 2.15. The highest BCUT2D eigenvalue weighted by Crippen LogP contribution is 2.26. The molecule has 0 saturated carbocycles. The summed E-state index contributed by atoms with van der Waals surface area (Å²) in [5.41, 5.74) is 0.983. The molecule has 2 rings (SSSR count). The van der Waals surface area contributed by atoms with Gasteiger partial charge < -0.3 is 15.5 Å². The van der Waals surface area contributed by atoms with Crippen LogP contribution in [0.3, 0.4) is 0 Å². The van der Waals surface area contributed by atoms with Crippen molar-refractivity contribution in [3.8, 4) is 0 Å². The molecular weight excluding hydrogens is 228 g/mol. The van der Waals surface area contributed by atoms with Crippen LogP contribution in [-0.4, -0.2) is 37.6 Å². The first-order valence-corrected chi connectivity index (χ1v) is 6.41. The summed E-state index contributed by atoms with van der Waals surface area (Å²) in [5, 5.41) is 6.07. The van der Waals surface area contributed by atoms with Gasteiger partial charge in [0.1, 0.15) is 0 Å².